The molecular formula is C17H30N2O2. The SMILES string of the molecule is COc1ccc(OC)c(CNC[C@@H](CC(C)C)N(C)C)c1. The van der Waals surface area contributed by atoms with E-state index in [1.807, 2.05) is 18.2 Å². The monoisotopic (exact) mass is 294 g/mol. The molecular weight excluding hydrogens is 264 g/mol. The zero-order valence-corrected chi connectivity index (χ0v) is 14.3. The van der Waals surface area contributed by atoms with Gasteiger partial charge in [-0.3, -0.25) is 0 Å². The van der Waals surface area contributed by atoms with Gasteiger partial charge in [0, 0.05) is 24.7 Å². The van der Waals surface area contributed by atoms with Crippen molar-refractivity contribution in [3.05, 3.63) is 23.8 Å². The molecule has 4 heteroatoms. The van der Waals surface area contributed by atoms with Crippen LogP contribution in [-0.4, -0.2) is 45.8 Å². The van der Waals surface area contributed by atoms with Gasteiger partial charge < -0.3 is 19.7 Å². The summed E-state index contributed by atoms with van der Waals surface area (Å²) in [6, 6.07) is 6.44. The van der Waals surface area contributed by atoms with Crippen molar-refractivity contribution in [2.24, 2.45) is 5.92 Å². The highest BCUT2D eigenvalue weighted by Crippen LogP contribution is 2.23. The Kier molecular flexibility index (Phi) is 7.54. The summed E-state index contributed by atoms with van der Waals surface area (Å²) < 4.78 is 10.7. The van der Waals surface area contributed by atoms with Crippen LogP contribution < -0.4 is 14.8 Å². The molecule has 0 unspecified atom stereocenters. The first kappa shape index (κ1) is 17.8. The smallest absolute Gasteiger partial charge is 0.123 e. The van der Waals surface area contributed by atoms with Crippen LogP contribution >= 0.6 is 0 Å². The quantitative estimate of drug-likeness (QED) is 0.759. The molecule has 0 bridgehead atoms. The van der Waals surface area contributed by atoms with Crippen molar-refractivity contribution in [1.82, 2.24) is 10.2 Å². The second kappa shape index (κ2) is 8.90. The fourth-order valence-electron chi connectivity index (χ4n) is 2.41. The molecule has 1 aromatic rings. The van der Waals surface area contributed by atoms with E-state index in [-0.39, 0.29) is 0 Å². The highest BCUT2D eigenvalue weighted by atomic mass is 16.5. The maximum atomic E-state index is 5.41. The Morgan fingerprint density at radius 3 is 2.38 bits per heavy atom. The van der Waals surface area contributed by atoms with Gasteiger partial charge in [-0.15, -0.1) is 0 Å². The van der Waals surface area contributed by atoms with E-state index in [9.17, 15) is 0 Å². The van der Waals surface area contributed by atoms with E-state index < -0.39 is 0 Å². The average molecular weight is 294 g/mol. The van der Waals surface area contributed by atoms with Crippen molar-refractivity contribution >= 4 is 0 Å². The van der Waals surface area contributed by atoms with Crippen LogP contribution in [0.3, 0.4) is 0 Å². The van der Waals surface area contributed by atoms with Crippen LogP contribution in [0, 0.1) is 5.92 Å². The van der Waals surface area contributed by atoms with E-state index in [1.165, 1.54) is 6.42 Å². The molecule has 4 nitrogen and oxygen atoms in total. The van der Waals surface area contributed by atoms with E-state index in [0.29, 0.717) is 12.0 Å². The predicted molar refractivity (Wildman–Crippen MR) is 88.2 cm³/mol. The fourth-order valence-corrected chi connectivity index (χ4v) is 2.41. The highest BCUT2D eigenvalue weighted by molar-refractivity contribution is 5.40. The van der Waals surface area contributed by atoms with Gasteiger partial charge in [0.2, 0.25) is 0 Å². The summed E-state index contributed by atoms with van der Waals surface area (Å²) in [5.41, 5.74) is 1.12. The highest BCUT2D eigenvalue weighted by Gasteiger charge is 2.13. The molecule has 21 heavy (non-hydrogen) atoms. The third kappa shape index (κ3) is 5.94. The minimum Gasteiger partial charge on any atom is -0.497 e. The number of hydrogen-bond acceptors (Lipinski definition) is 4. The van der Waals surface area contributed by atoms with Crippen LogP contribution in [0.15, 0.2) is 18.2 Å². The lowest BCUT2D eigenvalue weighted by Gasteiger charge is -2.26. The number of benzene rings is 1. The Morgan fingerprint density at radius 1 is 1.14 bits per heavy atom. The number of likely N-dealkylation sites (N-methyl/N-ethyl adjacent to an activating group) is 1. The molecule has 120 valence electrons. The Morgan fingerprint density at radius 2 is 1.86 bits per heavy atom. The Labute approximate surface area is 129 Å². The largest absolute Gasteiger partial charge is 0.497 e. The van der Waals surface area contributed by atoms with Gasteiger partial charge in [0.05, 0.1) is 14.2 Å². The predicted octanol–water partition coefficient (Wildman–Crippen LogP) is 2.77. The number of nitrogens with zero attached hydrogens (tertiary/aromatic N) is 1. The van der Waals surface area contributed by atoms with Crippen LogP contribution in [0.1, 0.15) is 25.8 Å². The zero-order valence-electron chi connectivity index (χ0n) is 14.3. The van der Waals surface area contributed by atoms with Gasteiger partial charge in [0.25, 0.3) is 0 Å². The normalized spacial score (nSPS) is 12.8. The molecule has 1 N–H and O–H groups in total. The number of hydrogen-bond donors (Lipinski definition) is 1. The van der Waals surface area contributed by atoms with E-state index in [4.69, 9.17) is 9.47 Å². The molecule has 0 aliphatic rings. The molecule has 1 atom stereocenters. The van der Waals surface area contributed by atoms with Crippen molar-refractivity contribution in [3.8, 4) is 11.5 Å². The van der Waals surface area contributed by atoms with E-state index in [2.05, 4.69) is 38.2 Å². The van der Waals surface area contributed by atoms with Crippen molar-refractivity contribution < 1.29 is 9.47 Å². The molecule has 0 aromatic heterocycles. The number of rotatable bonds is 9. The van der Waals surface area contributed by atoms with Gasteiger partial charge in [0.15, 0.2) is 0 Å². The second-order valence-electron chi connectivity index (χ2n) is 6.06. The lowest BCUT2D eigenvalue weighted by atomic mass is 10.0. The summed E-state index contributed by atoms with van der Waals surface area (Å²) >= 11 is 0. The van der Waals surface area contributed by atoms with Gasteiger partial charge in [0.1, 0.15) is 11.5 Å². The lowest BCUT2D eigenvalue weighted by Crippen LogP contribution is -2.38. The van der Waals surface area contributed by atoms with Crippen LogP contribution in [0.2, 0.25) is 0 Å². The van der Waals surface area contributed by atoms with Crippen molar-refractivity contribution in [3.63, 3.8) is 0 Å². The maximum Gasteiger partial charge on any atom is 0.123 e. The minimum absolute atomic E-state index is 0.543. The lowest BCUT2D eigenvalue weighted by molar-refractivity contribution is 0.246. The topological polar surface area (TPSA) is 33.7 Å². The summed E-state index contributed by atoms with van der Waals surface area (Å²) in [5, 5.41) is 3.54. The molecule has 1 rings (SSSR count). The Balaban J connectivity index is 2.61. The second-order valence-corrected chi connectivity index (χ2v) is 6.06. The molecule has 1 aromatic carbocycles. The molecule has 0 heterocycles. The molecule has 0 aliphatic carbocycles. The van der Waals surface area contributed by atoms with Crippen molar-refractivity contribution in [1.29, 1.82) is 0 Å². The standard InChI is InChI=1S/C17H30N2O2/c1-13(2)9-15(19(3)4)12-18-11-14-10-16(20-5)7-8-17(14)21-6/h7-8,10,13,15,18H,9,11-12H2,1-6H3/t15-/m1/s1. The van der Waals surface area contributed by atoms with E-state index in [0.717, 1.165) is 30.2 Å². The van der Waals surface area contributed by atoms with Crippen LogP contribution in [0.4, 0.5) is 0 Å². The first-order valence-corrected chi connectivity index (χ1v) is 7.56. The summed E-state index contributed by atoms with van der Waals surface area (Å²) in [6.07, 6.45) is 1.19. The van der Waals surface area contributed by atoms with Crippen LogP contribution in [0.25, 0.3) is 0 Å². The summed E-state index contributed by atoms with van der Waals surface area (Å²) in [4.78, 5) is 2.29. The maximum absolute atomic E-state index is 5.41. The minimum atomic E-state index is 0.543. The Hall–Kier alpha value is -1.26. The molecule has 0 saturated carbocycles. The molecule has 0 amide bonds. The van der Waals surface area contributed by atoms with E-state index in [1.54, 1.807) is 14.2 Å². The third-order valence-corrected chi connectivity index (χ3v) is 3.66. The molecule has 0 spiro atoms. The average Bonchev–Trinajstić information content (AvgIpc) is 2.45. The van der Waals surface area contributed by atoms with Gasteiger partial charge in [-0.25, -0.2) is 0 Å². The Bertz CT molecular complexity index is 419. The molecule has 0 radical (unpaired) electrons. The van der Waals surface area contributed by atoms with Crippen LogP contribution in [0.5, 0.6) is 11.5 Å². The molecule has 0 fully saturated rings. The summed E-state index contributed by atoms with van der Waals surface area (Å²) in [6.45, 7) is 6.28. The fraction of sp³-hybridized carbons (Fsp3) is 0.647. The molecule has 0 aliphatic heterocycles. The first-order valence-electron chi connectivity index (χ1n) is 7.56. The summed E-state index contributed by atoms with van der Waals surface area (Å²) in [5.74, 6) is 2.46. The van der Waals surface area contributed by atoms with Crippen LogP contribution in [-0.2, 0) is 6.54 Å². The number of methoxy groups -OCH3 is 2. The first-order chi connectivity index (χ1) is 9.97. The van der Waals surface area contributed by atoms with Gasteiger partial charge in [-0.2, -0.15) is 0 Å². The summed E-state index contributed by atoms with van der Waals surface area (Å²) in [7, 11) is 7.66. The zero-order chi connectivity index (χ0) is 15.8. The van der Waals surface area contributed by atoms with E-state index >= 15 is 0 Å². The number of nitrogens with one attached hydrogen (secondary N) is 1. The van der Waals surface area contributed by atoms with Gasteiger partial charge in [-0.1, -0.05) is 13.8 Å². The van der Waals surface area contributed by atoms with Crippen molar-refractivity contribution in [2.45, 2.75) is 32.9 Å². The molecule has 0 saturated heterocycles. The van der Waals surface area contributed by atoms with Crippen molar-refractivity contribution in [2.75, 3.05) is 34.9 Å². The van der Waals surface area contributed by atoms with Gasteiger partial charge >= 0.3 is 0 Å². The number of ether oxygens (including phenoxy) is 2. The van der Waals surface area contributed by atoms with Gasteiger partial charge in [-0.05, 0) is 44.6 Å². The third-order valence-electron chi connectivity index (χ3n) is 3.66.